The molecule has 0 bridgehead atoms. The number of anilines is 1. The largest absolute Gasteiger partial charge is 0.384 e. The average molecular weight is 178 g/mol. The van der Waals surface area contributed by atoms with Gasteiger partial charge in [0.1, 0.15) is 5.82 Å². The van der Waals surface area contributed by atoms with Crippen molar-refractivity contribution in [2.45, 2.75) is 6.42 Å². The molecule has 0 radical (unpaired) electrons. The Morgan fingerprint density at radius 1 is 1.77 bits per heavy atom. The number of H-pyrrole nitrogens is 1. The second-order valence-corrected chi connectivity index (χ2v) is 2.38. The Labute approximate surface area is 75.1 Å². The first-order valence-corrected chi connectivity index (χ1v) is 3.81. The average Bonchev–Trinajstić information content (AvgIpc) is 2.52. The van der Waals surface area contributed by atoms with Crippen molar-refractivity contribution in [1.82, 2.24) is 10.2 Å². The number of hydrogen-bond acceptors (Lipinski definition) is 3. The fraction of sp³-hybridized carbons (Fsp3) is 0.286. The zero-order valence-corrected chi connectivity index (χ0v) is 7.01. The maximum atomic E-state index is 7.99. The number of azide groups is 1. The van der Waals surface area contributed by atoms with E-state index in [9.17, 15) is 0 Å². The Bertz CT molecular complexity index is 333. The molecule has 0 aromatic carbocycles. The topological polar surface area (TPSA) is 103 Å². The lowest BCUT2D eigenvalue weighted by Gasteiger charge is -1.87. The first-order chi connectivity index (χ1) is 6.34. The number of aromatic nitrogens is 2. The Morgan fingerprint density at radius 2 is 2.62 bits per heavy atom. The minimum atomic E-state index is 0.463. The van der Waals surface area contributed by atoms with Crippen molar-refractivity contribution in [1.29, 1.82) is 0 Å². The summed E-state index contributed by atoms with van der Waals surface area (Å²) in [5.41, 5.74) is 14.4. The van der Waals surface area contributed by atoms with Crippen LogP contribution in [0.4, 0.5) is 5.82 Å². The van der Waals surface area contributed by atoms with Gasteiger partial charge in [-0.3, -0.25) is 5.10 Å². The number of nitrogens with zero attached hydrogens (tertiary/aromatic N) is 4. The van der Waals surface area contributed by atoms with E-state index in [1.807, 2.05) is 12.2 Å². The van der Waals surface area contributed by atoms with Gasteiger partial charge < -0.3 is 5.73 Å². The van der Waals surface area contributed by atoms with Crippen LogP contribution in [0, 0.1) is 0 Å². The molecule has 1 aromatic rings. The number of nitrogens with two attached hydrogens (primary N) is 1. The number of nitrogen functional groups attached to an aromatic ring is 1. The molecular formula is C7H10N6. The molecule has 0 saturated heterocycles. The van der Waals surface area contributed by atoms with Gasteiger partial charge >= 0.3 is 0 Å². The minimum absolute atomic E-state index is 0.463. The highest BCUT2D eigenvalue weighted by atomic mass is 15.1. The minimum Gasteiger partial charge on any atom is -0.384 e. The fourth-order valence-electron chi connectivity index (χ4n) is 0.826. The monoisotopic (exact) mass is 178 g/mol. The van der Waals surface area contributed by atoms with E-state index >= 15 is 0 Å². The molecule has 0 saturated carbocycles. The van der Waals surface area contributed by atoms with Gasteiger partial charge in [-0.05, 0) is 12.0 Å². The molecule has 68 valence electrons. The third-order valence-electron chi connectivity index (χ3n) is 1.46. The Hall–Kier alpha value is -1.94. The Balaban J connectivity index is 2.40. The SMILES string of the molecule is [N-]=[N+]=NCCC=Cc1cn[nH]c1N. The third kappa shape index (κ3) is 2.88. The van der Waals surface area contributed by atoms with E-state index in [0.717, 1.165) is 5.56 Å². The Morgan fingerprint density at radius 3 is 3.23 bits per heavy atom. The molecule has 3 N–H and O–H groups in total. The summed E-state index contributed by atoms with van der Waals surface area (Å²) in [4.78, 5) is 2.64. The van der Waals surface area contributed by atoms with E-state index < -0.39 is 0 Å². The second-order valence-electron chi connectivity index (χ2n) is 2.38. The highest BCUT2D eigenvalue weighted by Gasteiger charge is 1.93. The van der Waals surface area contributed by atoms with Crippen LogP contribution in [0.5, 0.6) is 0 Å². The number of rotatable bonds is 4. The van der Waals surface area contributed by atoms with E-state index in [4.69, 9.17) is 11.3 Å². The predicted molar refractivity (Wildman–Crippen MR) is 50.7 cm³/mol. The van der Waals surface area contributed by atoms with Crippen LogP contribution in [0.15, 0.2) is 17.4 Å². The van der Waals surface area contributed by atoms with Crippen molar-refractivity contribution in [3.8, 4) is 0 Å². The lowest BCUT2D eigenvalue weighted by Crippen LogP contribution is -1.86. The van der Waals surface area contributed by atoms with Gasteiger partial charge in [0.05, 0.1) is 6.20 Å². The molecule has 1 heterocycles. The van der Waals surface area contributed by atoms with Crippen molar-refractivity contribution in [2.75, 3.05) is 12.3 Å². The zero-order valence-electron chi connectivity index (χ0n) is 7.01. The van der Waals surface area contributed by atoms with Gasteiger partial charge in [-0.2, -0.15) is 5.10 Å². The molecule has 13 heavy (non-hydrogen) atoms. The highest BCUT2D eigenvalue weighted by Crippen LogP contribution is 2.08. The zero-order chi connectivity index (χ0) is 9.52. The summed E-state index contributed by atoms with van der Waals surface area (Å²) in [6.45, 7) is 0.463. The van der Waals surface area contributed by atoms with Gasteiger partial charge in [-0.15, -0.1) is 0 Å². The summed E-state index contributed by atoms with van der Waals surface area (Å²) in [6.07, 6.45) is 6.07. The molecule has 0 aliphatic heterocycles. The van der Waals surface area contributed by atoms with Gasteiger partial charge in [-0.1, -0.05) is 17.3 Å². The van der Waals surface area contributed by atoms with E-state index in [1.165, 1.54) is 0 Å². The lowest BCUT2D eigenvalue weighted by atomic mass is 10.3. The summed E-state index contributed by atoms with van der Waals surface area (Å²) in [6, 6.07) is 0. The molecule has 0 spiro atoms. The maximum absolute atomic E-state index is 7.99. The van der Waals surface area contributed by atoms with E-state index in [2.05, 4.69) is 20.2 Å². The van der Waals surface area contributed by atoms with Gasteiger partial charge in [0, 0.05) is 17.0 Å². The van der Waals surface area contributed by atoms with Crippen molar-refractivity contribution in [3.63, 3.8) is 0 Å². The highest BCUT2D eigenvalue weighted by molar-refractivity contribution is 5.59. The normalized spacial score (nSPS) is 10.2. The van der Waals surface area contributed by atoms with Crippen LogP contribution in [0.25, 0.3) is 16.5 Å². The lowest BCUT2D eigenvalue weighted by molar-refractivity contribution is 0.996. The molecule has 1 aromatic heterocycles. The first kappa shape index (κ1) is 9.15. The van der Waals surface area contributed by atoms with Gasteiger partial charge in [0.25, 0.3) is 0 Å². The van der Waals surface area contributed by atoms with E-state index in [1.54, 1.807) is 6.20 Å². The van der Waals surface area contributed by atoms with Crippen molar-refractivity contribution >= 4 is 11.9 Å². The van der Waals surface area contributed by atoms with Crippen LogP contribution in [0.1, 0.15) is 12.0 Å². The molecule has 1 rings (SSSR count). The van der Waals surface area contributed by atoms with Crippen LogP contribution >= 0.6 is 0 Å². The molecule has 0 aliphatic rings. The summed E-state index contributed by atoms with van der Waals surface area (Å²) >= 11 is 0. The quantitative estimate of drug-likeness (QED) is 0.317. The van der Waals surface area contributed by atoms with E-state index in [0.29, 0.717) is 18.8 Å². The smallest absolute Gasteiger partial charge is 0.126 e. The van der Waals surface area contributed by atoms with Gasteiger partial charge in [-0.25, -0.2) is 0 Å². The summed E-state index contributed by atoms with van der Waals surface area (Å²) < 4.78 is 0. The van der Waals surface area contributed by atoms with Crippen molar-refractivity contribution < 1.29 is 0 Å². The van der Waals surface area contributed by atoms with Crippen LogP contribution in [0.3, 0.4) is 0 Å². The van der Waals surface area contributed by atoms with Gasteiger partial charge in [0.2, 0.25) is 0 Å². The number of aromatic amines is 1. The molecular weight excluding hydrogens is 168 g/mol. The Kier molecular flexibility index (Phi) is 3.41. The maximum Gasteiger partial charge on any atom is 0.126 e. The van der Waals surface area contributed by atoms with Crippen LogP contribution in [-0.2, 0) is 0 Å². The van der Waals surface area contributed by atoms with Crippen LogP contribution < -0.4 is 5.73 Å². The molecule has 0 amide bonds. The molecule has 6 heteroatoms. The summed E-state index contributed by atoms with van der Waals surface area (Å²) in [5.74, 6) is 0.542. The summed E-state index contributed by atoms with van der Waals surface area (Å²) in [7, 11) is 0. The molecule has 0 atom stereocenters. The predicted octanol–water partition coefficient (Wildman–Crippen LogP) is 1.71. The second kappa shape index (κ2) is 4.84. The van der Waals surface area contributed by atoms with Gasteiger partial charge in [0.15, 0.2) is 0 Å². The molecule has 6 nitrogen and oxygen atoms in total. The van der Waals surface area contributed by atoms with Crippen LogP contribution in [0.2, 0.25) is 0 Å². The third-order valence-corrected chi connectivity index (χ3v) is 1.46. The summed E-state index contributed by atoms with van der Waals surface area (Å²) in [5, 5.41) is 9.76. The standard InChI is InChI=1S/C7H10N6/c8-7-6(5-11-12-7)3-1-2-4-10-13-9/h1,3,5H,2,4H2,(H3,8,11,12). The van der Waals surface area contributed by atoms with Crippen molar-refractivity contribution in [3.05, 3.63) is 28.3 Å². The van der Waals surface area contributed by atoms with Crippen molar-refractivity contribution in [2.24, 2.45) is 5.11 Å². The molecule has 0 fully saturated rings. The molecule has 0 aliphatic carbocycles. The molecule has 0 unspecified atom stereocenters. The van der Waals surface area contributed by atoms with Crippen LogP contribution in [-0.4, -0.2) is 16.7 Å². The number of hydrogen-bond donors (Lipinski definition) is 2. The fourth-order valence-corrected chi connectivity index (χ4v) is 0.826. The van der Waals surface area contributed by atoms with E-state index in [-0.39, 0.29) is 0 Å². The first-order valence-electron chi connectivity index (χ1n) is 3.81. The number of nitrogens with one attached hydrogen (secondary N) is 1.